The predicted molar refractivity (Wildman–Crippen MR) is 55.5 cm³/mol. The lowest BCUT2D eigenvalue weighted by atomic mass is 10.3. The molecule has 0 atom stereocenters. The van der Waals surface area contributed by atoms with Crippen LogP contribution in [0, 0.1) is 15.5 Å². The summed E-state index contributed by atoms with van der Waals surface area (Å²) in [5, 5.41) is 16.9. The number of nitrogens with two attached hydrogens (primary N) is 1. The Kier molecular flexibility index (Phi) is 3.49. The van der Waals surface area contributed by atoms with Crippen LogP contribution in [0.3, 0.4) is 0 Å². The quantitative estimate of drug-likeness (QED) is 0.334. The van der Waals surface area contributed by atoms with Crippen LogP contribution in [-0.2, 0) is 4.94 Å². The van der Waals surface area contributed by atoms with Crippen LogP contribution >= 0.6 is 0 Å². The van der Waals surface area contributed by atoms with E-state index in [1.165, 1.54) is 19.2 Å². The lowest BCUT2D eigenvalue weighted by Crippen LogP contribution is -2.38. The van der Waals surface area contributed by atoms with Gasteiger partial charge in [0.15, 0.2) is 0 Å². The van der Waals surface area contributed by atoms with Crippen LogP contribution in [0.2, 0.25) is 0 Å². The van der Waals surface area contributed by atoms with Crippen molar-refractivity contribution in [2.24, 2.45) is 5.73 Å². The van der Waals surface area contributed by atoms with Crippen molar-refractivity contribution in [3.05, 3.63) is 34.4 Å². The highest BCUT2D eigenvalue weighted by atomic mass is 17.0. The van der Waals surface area contributed by atoms with Gasteiger partial charge in [-0.3, -0.25) is 5.41 Å². The summed E-state index contributed by atoms with van der Waals surface area (Å²) in [6, 6.07) is 6.18. The van der Waals surface area contributed by atoms with Crippen LogP contribution in [0.15, 0.2) is 24.3 Å². The summed E-state index contributed by atoms with van der Waals surface area (Å²) in [5.41, 5.74) is 5.37. The van der Waals surface area contributed by atoms with Gasteiger partial charge in [0.2, 0.25) is 5.96 Å². The monoisotopic (exact) mass is 226 g/mol. The third-order valence-corrected chi connectivity index (χ3v) is 1.65. The van der Waals surface area contributed by atoms with E-state index in [-0.39, 0.29) is 5.69 Å². The standard InChI is InChI=1S/C8H10N4O4/c1-15-7-4-2-3-6(5-7)11(8(9)10)16-12(13)14/h2-5H,1H3,(H3,9,10). The number of nitrogens with zero attached hydrogens (tertiary/aromatic N) is 2. The van der Waals surface area contributed by atoms with Gasteiger partial charge in [0.25, 0.3) is 0 Å². The van der Waals surface area contributed by atoms with Crippen molar-refractivity contribution in [2.75, 3.05) is 12.2 Å². The Bertz CT molecular complexity index is 409. The average molecular weight is 226 g/mol. The largest absolute Gasteiger partial charge is 0.497 e. The van der Waals surface area contributed by atoms with Gasteiger partial charge in [-0.15, -0.1) is 15.2 Å². The number of rotatable bonds is 4. The zero-order chi connectivity index (χ0) is 12.1. The summed E-state index contributed by atoms with van der Waals surface area (Å²) >= 11 is 0. The number of methoxy groups -OCH3 is 1. The molecular weight excluding hydrogens is 216 g/mol. The molecule has 86 valence electrons. The Morgan fingerprint density at radius 3 is 2.81 bits per heavy atom. The lowest BCUT2D eigenvalue weighted by molar-refractivity contribution is -0.758. The van der Waals surface area contributed by atoms with E-state index in [1.54, 1.807) is 12.1 Å². The second-order valence-corrected chi connectivity index (χ2v) is 2.69. The Morgan fingerprint density at radius 2 is 2.31 bits per heavy atom. The molecule has 0 aliphatic carbocycles. The molecule has 0 bridgehead atoms. The van der Waals surface area contributed by atoms with Gasteiger partial charge in [-0.05, 0) is 12.1 Å². The minimum atomic E-state index is -1.05. The second kappa shape index (κ2) is 4.82. The number of hydroxylamine groups is 1. The van der Waals surface area contributed by atoms with Crippen molar-refractivity contribution < 1.29 is 14.8 Å². The fourth-order valence-corrected chi connectivity index (χ4v) is 1.03. The first-order valence-corrected chi connectivity index (χ1v) is 4.15. The maximum atomic E-state index is 10.2. The molecule has 0 fully saturated rings. The van der Waals surface area contributed by atoms with E-state index >= 15 is 0 Å². The fourth-order valence-electron chi connectivity index (χ4n) is 1.03. The van der Waals surface area contributed by atoms with Crippen LogP contribution in [0.25, 0.3) is 0 Å². The SMILES string of the molecule is COc1cccc(N(O[N+](=O)[O-])C(=N)N)c1. The van der Waals surface area contributed by atoms with Gasteiger partial charge in [-0.2, -0.15) is 4.94 Å². The Balaban J connectivity index is 3.00. The molecule has 0 radical (unpaired) electrons. The van der Waals surface area contributed by atoms with E-state index in [4.69, 9.17) is 15.9 Å². The summed E-state index contributed by atoms with van der Waals surface area (Å²) < 4.78 is 4.93. The molecule has 0 saturated heterocycles. The number of benzene rings is 1. The number of hydrogen-bond acceptors (Lipinski definition) is 5. The van der Waals surface area contributed by atoms with Crippen LogP contribution in [0.1, 0.15) is 0 Å². The van der Waals surface area contributed by atoms with Gasteiger partial charge in [-0.25, -0.2) is 0 Å². The van der Waals surface area contributed by atoms with Crippen molar-refractivity contribution in [3.63, 3.8) is 0 Å². The molecular formula is C8H10N4O4. The molecule has 0 heterocycles. The van der Waals surface area contributed by atoms with E-state index in [0.717, 1.165) is 0 Å². The number of hydrogen-bond donors (Lipinski definition) is 2. The topological polar surface area (TPSA) is 115 Å². The Morgan fingerprint density at radius 1 is 1.62 bits per heavy atom. The van der Waals surface area contributed by atoms with E-state index < -0.39 is 11.0 Å². The third-order valence-electron chi connectivity index (χ3n) is 1.65. The van der Waals surface area contributed by atoms with Gasteiger partial charge in [0, 0.05) is 6.07 Å². The van der Waals surface area contributed by atoms with Crippen LogP contribution in [-0.4, -0.2) is 18.2 Å². The first kappa shape index (κ1) is 11.6. The average Bonchev–Trinajstić information content (AvgIpc) is 2.25. The maximum absolute atomic E-state index is 10.2. The zero-order valence-electron chi connectivity index (χ0n) is 8.41. The summed E-state index contributed by atoms with van der Waals surface area (Å²) in [6.45, 7) is 0. The minimum absolute atomic E-state index is 0.226. The van der Waals surface area contributed by atoms with Gasteiger partial charge in [-0.1, -0.05) is 6.07 Å². The number of ether oxygens (including phenoxy) is 1. The highest BCUT2D eigenvalue weighted by Gasteiger charge is 2.14. The highest BCUT2D eigenvalue weighted by molar-refractivity contribution is 5.90. The summed E-state index contributed by atoms with van der Waals surface area (Å²) in [6.07, 6.45) is 0. The Labute approximate surface area is 90.7 Å². The first-order chi connectivity index (χ1) is 7.54. The van der Waals surface area contributed by atoms with Crippen LogP contribution in [0.5, 0.6) is 5.75 Å². The molecule has 0 amide bonds. The van der Waals surface area contributed by atoms with Crippen molar-refractivity contribution >= 4 is 11.6 Å². The lowest BCUT2D eigenvalue weighted by Gasteiger charge is -2.18. The van der Waals surface area contributed by atoms with Gasteiger partial charge in [0.1, 0.15) is 5.75 Å². The maximum Gasteiger partial charge on any atom is 0.317 e. The van der Waals surface area contributed by atoms with E-state index in [9.17, 15) is 10.1 Å². The molecule has 3 N–H and O–H groups in total. The molecule has 8 nitrogen and oxygen atoms in total. The minimum Gasteiger partial charge on any atom is -0.497 e. The van der Waals surface area contributed by atoms with E-state index in [0.29, 0.717) is 10.8 Å². The number of guanidine groups is 1. The molecule has 0 aromatic heterocycles. The van der Waals surface area contributed by atoms with Crippen molar-refractivity contribution in [1.82, 2.24) is 0 Å². The summed E-state index contributed by atoms with van der Waals surface area (Å²) in [4.78, 5) is 14.3. The second-order valence-electron chi connectivity index (χ2n) is 2.69. The normalized spacial score (nSPS) is 9.31. The molecule has 16 heavy (non-hydrogen) atoms. The van der Waals surface area contributed by atoms with Crippen LogP contribution in [0.4, 0.5) is 5.69 Å². The highest BCUT2D eigenvalue weighted by Crippen LogP contribution is 2.20. The molecule has 0 aliphatic heterocycles. The van der Waals surface area contributed by atoms with Gasteiger partial charge < -0.3 is 10.5 Å². The fraction of sp³-hybridized carbons (Fsp3) is 0.125. The van der Waals surface area contributed by atoms with Gasteiger partial charge in [0.05, 0.1) is 12.8 Å². The van der Waals surface area contributed by atoms with Crippen molar-refractivity contribution in [3.8, 4) is 5.75 Å². The molecule has 0 spiro atoms. The van der Waals surface area contributed by atoms with E-state index in [1.807, 2.05) is 0 Å². The molecule has 1 aromatic carbocycles. The summed E-state index contributed by atoms with van der Waals surface area (Å²) in [5.74, 6) is -0.138. The molecule has 1 rings (SSSR count). The molecule has 8 heteroatoms. The molecule has 0 aliphatic rings. The Hall–Kier alpha value is -2.51. The smallest absolute Gasteiger partial charge is 0.317 e. The summed E-state index contributed by atoms with van der Waals surface area (Å²) in [7, 11) is 1.45. The van der Waals surface area contributed by atoms with Crippen molar-refractivity contribution in [1.29, 1.82) is 5.41 Å². The van der Waals surface area contributed by atoms with Crippen molar-refractivity contribution in [2.45, 2.75) is 0 Å². The molecule has 0 saturated carbocycles. The predicted octanol–water partition coefficient (Wildman–Crippen LogP) is 0.518. The third kappa shape index (κ3) is 2.74. The molecule has 1 aromatic rings. The van der Waals surface area contributed by atoms with Crippen LogP contribution < -0.4 is 15.5 Å². The zero-order valence-corrected chi connectivity index (χ0v) is 8.41. The van der Waals surface area contributed by atoms with E-state index in [2.05, 4.69) is 4.94 Å². The number of anilines is 1. The van der Waals surface area contributed by atoms with Gasteiger partial charge >= 0.3 is 5.09 Å². The number of nitrogens with one attached hydrogen (secondary N) is 1. The molecule has 0 unspecified atom stereocenters. The first-order valence-electron chi connectivity index (χ1n) is 4.15.